The summed E-state index contributed by atoms with van der Waals surface area (Å²) in [6.45, 7) is 19.3. The second kappa shape index (κ2) is 12.1. The highest BCUT2D eigenvalue weighted by atomic mass is 28.4. The highest BCUT2D eigenvalue weighted by molar-refractivity contribution is 6.74. The third kappa shape index (κ3) is 9.05. The van der Waals surface area contributed by atoms with Gasteiger partial charge in [0.15, 0.2) is 8.32 Å². The van der Waals surface area contributed by atoms with Crippen LogP contribution in [0.3, 0.4) is 0 Å². The molecule has 1 aliphatic rings. The molecule has 1 rings (SSSR count). The maximum Gasteiger partial charge on any atom is 0.306 e. The van der Waals surface area contributed by atoms with Crippen molar-refractivity contribution in [2.24, 2.45) is 11.8 Å². The molecule has 4 nitrogen and oxygen atoms in total. The van der Waals surface area contributed by atoms with Crippen molar-refractivity contribution in [3.8, 4) is 0 Å². The maximum atomic E-state index is 12.6. The van der Waals surface area contributed by atoms with Gasteiger partial charge in [0.05, 0.1) is 12.2 Å². The Morgan fingerprint density at radius 3 is 2.39 bits per heavy atom. The molecule has 0 saturated heterocycles. The number of rotatable bonds is 10. The Labute approximate surface area is 192 Å². The number of allylic oxidation sites excluding steroid dienone is 3. The summed E-state index contributed by atoms with van der Waals surface area (Å²) >= 11 is 0. The van der Waals surface area contributed by atoms with Gasteiger partial charge >= 0.3 is 5.97 Å². The molecule has 0 unspecified atom stereocenters. The number of unbranched alkanes of at least 4 members (excludes halogenated alkanes) is 1. The summed E-state index contributed by atoms with van der Waals surface area (Å²) < 4.78 is 12.0. The lowest BCUT2D eigenvalue weighted by molar-refractivity contribution is -0.147. The zero-order valence-electron chi connectivity index (χ0n) is 21.4. The summed E-state index contributed by atoms with van der Waals surface area (Å²) in [6.07, 6.45) is 10.6. The van der Waals surface area contributed by atoms with Gasteiger partial charge in [-0.3, -0.25) is 9.59 Å². The molecule has 31 heavy (non-hydrogen) atoms. The Morgan fingerprint density at radius 2 is 1.84 bits per heavy atom. The monoisotopic (exact) mass is 450 g/mol. The minimum Gasteiger partial charge on any atom is -0.463 e. The zero-order chi connectivity index (χ0) is 23.8. The van der Waals surface area contributed by atoms with Gasteiger partial charge in [0.2, 0.25) is 0 Å². The number of ether oxygens (including phenoxy) is 1. The Hall–Kier alpha value is -1.20. The summed E-state index contributed by atoms with van der Waals surface area (Å²) in [6, 6.07) is 0. The summed E-state index contributed by atoms with van der Waals surface area (Å²) in [5.41, 5.74) is 1.33. The van der Waals surface area contributed by atoms with Crippen molar-refractivity contribution in [1.82, 2.24) is 0 Å². The number of carbonyl (C=O) groups excluding carboxylic acids is 2. The standard InChI is InChI=1S/C26H46O4Si/c1-10-20(4)25-21(15-13-11-12-14-16-24(28)29-19(2)3)17-22(27)18-23(25)30-31(8,9)26(5,6)7/h10-11,13,19,21,23,25H,12,14-18H2,1-9H3/b13-11-,20-10+/t21-,23+,25+/m0/s1. The van der Waals surface area contributed by atoms with Crippen LogP contribution in [0.15, 0.2) is 23.8 Å². The zero-order valence-corrected chi connectivity index (χ0v) is 22.4. The third-order valence-corrected chi connectivity index (χ3v) is 11.3. The third-order valence-electron chi connectivity index (χ3n) is 6.78. The van der Waals surface area contributed by atoms with E-state index in [2.05, 4.69) is 65.9 Å². The molecule has 1 aliphatic carbocycles. The van der Waals surface area contributed by atoms with Gasteiger partial charge in [-0.2, -0.15) is 0 Å². The maximum absolute atomic E-state index is 12.6. The van der Waals surface area contributed by atoms with Gasteiger partial charge in [0.1, 0.15) is 5.78 Å². The first kappa shape index (κ1) is 27.8. The van der Waals surface area contributed by atoms with Crippen molar-refractivity contribution >= 4 is 20.1 Å². The Bertz CT molecular complexity index is 655. The van der Waals surface area contributed by atoms with Crippen molar-refractivity contribution in [2.75, 3.05) is 0 Å². The normalized spacial score (nSPS) is 23.6. The van der Waals surface area contributed by atoms with E-state index in [0.29, 0.717) is 25.0 Å². The van der Waals surface area contributed by atoms with Crippen LogP contribution in [-0.4, -0.2) is 32.3 Å². The van der Waals surface area contributed by atoms with E-state index in [1.807, 2.05) is 13.8 Å². The van der Waals surface area contributed by atoms with Crippen LogP contribution in [0.5, 0.6) is 0 Å². The number of ketones is 1. The van der Waals surface area contributed by atoms with Gasteiger partial charge in [-0.25, -0.2) is 0 Å². The van der Waals surface area contributed by atoms with Crippen molar-refractivity contribution in [3.05, 3.63) is 23.8 Å². The van der Waals surface area contributed by atoms with Crippen molar-refractivity contribution < 1.29 is 18.8 Å². The Morgan fingerprint density at radius 1 is 1.19 bits per heavy atom. The number of carbonyl (C=O) groups is 2. The lowest BCUT2D eigenvalue weighted by Gasteiger charge is -2.45. The molecule has 0 aromatic rings. The molecule has 0 bridgehead atoms. The van der Waals surface area contributed by atoms with Gasteiger partial charge in [-0.15, -0.1) is 0 Å². The average molecular weight is 451 g/mol. The summed E-state index contributed by atoms with van der Waals surface area (Å²) in [4.78, 5) is 24.3. The van der Waals surface area contributed by atoms with E-state index < -0.39 is 8.32 Å². The summed E-state index contributed by atoms with van der Waals surface area (Å²) in [7, 11) is -1.96. The van der Waals surface area contributed by atoms with Crippen molar-refractivity contribution in [3.63, 3.8) is 0 Å². The molecule has 0 N–H and O–H groups in total. The molecule has 3 atom stereocenters. The highest BCUT2D eigenvalue weighted by Gasteiger charge is 2.45. The highest BCUT2D eigenvalue weighted by Crippen LogP contribution is 2.43. The lowest BCUT2D eigenvalue weighted by atomic mass is 9.71. The van der Waals surface area contributed by atoms with Crippen LogP contribution in [0, 0.1) is 11.8 Å². The quantitative estimate of drug-likeness (QED) is 0.155. The second-order valence-electron chi connectivity index (χ2n) is 10.8. The minimum absolute atomic E-state index is 0.0254. The Kier molecular flexibility index (Phi) is 10.9. The molecule has 1 saturated carbocycles. The molecular formula is C26H46O4Si. The van der Waals surface area contributed by atoms with E-state index in [0.717, 1.165) is 19.3 Å². The topological polar surface area (TPSA) is 52.6 Å². The SMILES string of the molecule is C/C=C(\C)[C@@H]1[C@@H](C/C=C\CCCC(=O)OC(C)C)CC(=O)C[C@H]1O[Si](C)(C)C(C)(C)C. The number of hydrogen-bond donors (Lipinski definition) is 0. The van der Waals surface area contributed by atoms with Gasteiger partial charge in [0.25, 0.3) is 0 Å². The second-order valence-corrected chi connectivity index (χ2v) is 15.6. The predicted molar refractivity (Wildman–Crippen MR) is 132 cm³/mol. The van der Waals surface area contributed by atoms with Gasteiger partial charge in [-0.1, -0.05) is 44.6 Å². The molecule has 0 heterocycles. The first-order valence-corrected chi connectivity index (χ1v) is 14.9. The molecule has 5 heteroatoms. The first-order chi connectivity index (χ1) is 14.3. The fourth-order valence-electron chi connectivity index (χ4n) is 3.99. The molecule has 0 aliphatic heterocycles. The van der Waals surface area contributed by atoms with Crippen LogP contribution >= 0.6 is 0 Å². The molecule has 1 fully saturated rings. The molecule has 0 spiro atoms. The van der Waals surface area contributed by atoms with Crippen LogP contribution in [-0.2, 0) is 18.8 Å². The van der Waals surface area contributed by atoms with E-state index in [9.17, 15) is 9.59 Å². The Balaban J connectivity index is 2.79. The van der Waals surface area contributed by atoms with Gasteiger partial charge in [-0.05, 0) is 71.0 Å². The van der Waals surface area contributed by atoms with Crippen molar-refractivity contribution in [1.29, 1.82) is 0 Å². The molecule has 0 amide bonds. The van der Waals surface area contributed by atoms with Crippen LogP contribution in [0.2, 0.25) is 18.1 Å². The number of esters is 1. The van der Waals surface area contributed by atoms with Crippen LogP contribution in [0.1, 0.15) is 87.0 Å². The largest absolute Gasteiger partial charge is 0.463 e. The summed E-state index contributed by atoms with van der Waals surface area (Å²) in [5.74, 6) is 0.742. The lowest BCUT2D eigenvalue weighted by Crippen LogP contribution is -2.49. The van der Waals surface area contributed by atoms with Gasteiger partial charge < -0.3 is 9.16 Å². The molecular weight excluding hydrogens is 404 g/mol. The van der Waals surface area contributed by atoms with Crippen LogP contribution in [0.25, 0.3) is 0 Å². The van der Waals surface area contributed by atoms with E-state index >= 15 is 0 Å². The predicted octanol–water partition coefficient (Wildman–Crippen LogP) is 7.01. The molecule has 0 aromatic carbocycles. The average Bonchev–Trinajstić information content (AvgIpc) is 2.61. The fourth-order valence-corrected chi connectivity index (χ4v) is 5.33. The molecule has 0 radical (unpaired) electrons. The van der Waals surface area contributed by atoms with Crippen LogP contribution in [0.4, 0.5) is 0 Å². The fraction of sp³-hybridized carbons (Fsp3) is 0.769. The number of Topliss-reactive ketones (excluding diaryl/α,β-unsaturated/α-hetero) is 1. The summed E-state index contributed by atoms with van der Waals surface area (Å²) in [5, 5.41) is 0.119. The number of hydrogen-bond acceptors (Lipinski definition) is 4. The minimum atomic E-state index is -1.96. The van der Waals surface area contributed by atoms with E-state index in [4.69, 9.17) is 9.16 Å². The van der Waals surface area contributed by atoms with E-state index in [-0.39, 0.29) is 35.1 Å². The van der Waals surface area contributed by atoms with E-state index in [1.54, 1.807) is 0 Å². The van der Waals surface area contributed by atoms with E-state index in [1.165, 1.54) is 5.57 Å². The van der Waals surface area contributed by atoms with Crippen LogP contribution < -0.4 is 0 Å². The molecule has 178 valence electrons. The van der Waals surface area contributed by atoms with Crippen molar-refractivity contribution in [2.45, 2.75) is 117 Å². The molecule has 0 aromatic heterocycles. The smallest absolute Gasteiger partial charge is 0.306 e. The van der Waals surface area contributed by atoms with Gasteiger partial charge in [0, 0.05) is 25.2 Å². The first-order valence-electron chi connectivity index (χ1n) is 11.9.